The van der Waals surface area contributed by atoms with Gasteiger partial charge in [-0.15, -0.1) is 0 Å². The van der Waals surface area contributed by atoms with E-state index in [9.17, 15) is 8.42 Å². The van der Waals surface area contributed by atoms with Gasteiger partial charge in [-0.25, -0.2) is 13.1 Å². The molecule has 1 aromatic carbocycles. The van der Waals surface area contributed by atoms with Crippen LogP contribution in [-0.2, 0) is 16.4 Å². The Kier molecular flexibility index (Phi) is 5.31. The van der Waals surface area contributed by atoms with E-state index in [1.807, 2.05) is 12.1 Å². The zero-order valence-corrected chi connectivity index (χ0v) is 12.0. The summed E-state index contributed by atoms with van der Waals surface area (Å²) in [7, 11) is -3.35. The summed E-state index contributed by atoms with van der Waals surface area (Å²) < 4.78 is 25.9. The third kappa shape index (κ3) is 4.08. The highest BCUT2D eigenvalue weighted by Crippen LogP contribution is 2.13. The smallest absolute Gasteiger partial charge is 0.240 e. The van der Waals surface area contributed by atoms with Crippen molar-refractivity contribution in [3.63, 3.8) is 0 Å². The lowest BCUT2D eigenvalue weighted by atomic mass is 9.97. The normalized spacial score (nSPS) is 13.8. The van der Waals surface area contributed by atoms with Crippen LogP contribution >= 0.6 is 0 Å². The summed E-state index contributed by atoms with van der Waals surface area (Å²) in [5, 5.41) is 0. The zero-order chi connectivity index (χ0) is 13.8. The van der Waals surface area contributed by atoms with E-state index < -0.39 is 10.0 Å². The summed E-state index contributed by atoms with van der Waals surface area (Å²) in [6.07, 6.45) is 0.763. The van der Waals surface area contributed by atoms with Gasteiger partial charge in [0.15, 0.2) is 0 Å². The first-order chi connectivity index (χ1) is 8.36. The van der Waals surface area contributed by atoms with E-state index in [-0.39, 0.29) is 6.04 Å². The second-order valence-electron chi connectivity index (χ2n) is 4.76. The number of benzene rings is 1. The van der Waals surface area contributed by atoms with Crippen LogP contribution in [0.4, 0.5) is 0 Å². The Morgan fingerprint density at radius 3 is 2.22 bits per heavy atom. The maximum absolute atomic E-state index is 11.7. The van der Waals surface area contributed by atoms with Gasteiger partial charge in [0.05, 0.1) is 4.90 Å². The molecule has 4 nitrogen and oxygen atoms in total. The predicted octanol–water partition coefficient (Wildman–Crippen LogP) is 1.51. The van der Waals surface area contributed by atoms with Gasteiger partial charge in [0.2, 0.25) is 10.0 Å². The minimum atomic E-state index is -3.35. The lowest BCUT2D eigenvalue weighted by molar-refractivity contribution is 0.490. The molecule has 0 amide bonds. The molecule has 0 radical (unpaired) electrons. The minimum absolute atomic E-state index is 0.0984. The maximum atomic E-state index is 11.7. The van der Waals surface area contributed by atoms with Gasteiger partial charge < -0.3 is 5.73 Å². The molecule has 1 atom stereocenters. The molecule has 1 rings (SSSR count). The van der Waals surface area contributed by atoms with Crippen LogP contribution in [0.15, 0.2) is 29.2 Å². The van der Waals surface area contributed by atoms with E-state index in [0.717, 1.165) is 12.0 Å². The Morgan fingerprint density at radius 2 is 1.78 bits per heavy atom. The fraction of sp³-hybridized carbons (Fsp3) is 0.538. The fourth-order valence-corrected chi connectivity index (χ4v) is 2.63. The first-order valence-electron chi connectivity index (χ1n) is 6.21. The molecule has 1 unspecified atom stereocenters. The Bertz CT molecular complexity index is 466. The van der Waals surface area contributed by atoms with Crippen LogP contribution in [0, 0.1) is 5.92 Å². The number of hydrogen-bond donors (Lipinski definition) is 2. The molecule has 0 heterocycles. The standard InChI is InChI=1S/C13H22N2O2S/c1-4-15-18(16,17)12-7-5-11(6-8-12)9-13(14)10(2)3/h5-8,10,13,15H,4,9,14H2,1-3H3. The lowest BCUT2D eigenvalue weighted by Gasteiger charge is -2.15. The number of nitrogens with one attached hydrogen (secondary N) is 1. The highest BCUT2D eigenvalue weighted by molar-refractivity contribution is 7.89. The fourth-order valence-electron chi connectivity index (χ4n) is 1.59. The summed E-state index contributed by atoms with van der Waals surface area (Å²) in [4.78, 5) is 0.297. The third-order valence-corrected chi connectivity index (χ3v) is 4.46. The lowest BCUT2D eigenvalue weighted by Crippen LogP contribution is -2.28. The molecule has 0 aliphatic heterocycles. The molecule has 18 heavy (non-hydrogen) atoms. The monoisotopic (exact) mass is 270 g/mol. The van der Waals surface area contributed by atoms with Crippen LogP contribution in [0.25, 0.3) is 0 Å². The maximum Gasteiger partial charge on any atom is 0.240 e. The number of nitrogens with two attached hydrogens (primary N) is 1. The van der Waals surface area contributed by atoms with Crippen LogP contribution in [0.1, 0.15) is 26.3 Å². The average Bonchev–Trinajstić information content (AvgIpc) is 2.29. The van der Waals surface area contributed by atoms with Crippen LogP contribution in [0.2, 0.25) is 0 Å². The van der Waals surface area contributed by atoms with E-state index in [4.69, 9.17) is 5.73 Å². The van der Waals surface area contributed by atoms with Crippen LogP contribution in [-0.4, -0.2) is 21.0 Å². The van der Waals surface area contributed by atoms with Crippen molar-refractivity contribution in [2.45, 2.75) is 38.1 Å². The topological polar surface area (TPSA) is 72.2 Å². The second-order valence-corrected chi connectivity index (χ2v) is 6.52. The number of rotatable bonds is 6. The summed E-state index contributed by atoms with van der Waals surface area (Å²) in [6.45, 7) is 6.30. The Morgan fingerprint density at radius 1 is 1.22 bits per heavy atom. The Labute approximate surface area is 110 Å². The van der Waals surface area contributed by atoms with Crippen molar-refractivity contribution in [1.82, 2.24) is 4.72 Å². The zero-order valence-electron chi connectivity index (χ0n) is 11.2. The summed E-state index contributed by atoms with van der Waals surface area (Å²) in [6, 6.07) is 7.00. The van der Waals surface area contributed by atoms with Crippen molar-refractivity contribution >= 4 is 10.0 Å². The van der Waals surface area contributed by atoms with Crippen molar-refractivity contribution in [2.75, 3.05) is 6.54 Å². The Balaban J connectivity index is 2.81. The molecule has 1 aromatic rings. The molecule has 0 bridgehead atoms. The Hall–Kier alpha value is -0.910. The molecular formula is C13H22N2O2S. The summed E-state index contributed by atoms with van der Waals surface area (Å²) >= 11 is 0. The summed E-state index contributed by atoms with van der Waals surface area (Å²) in [5.41, 5.74) is 7.05. The quantitative estimate of drug-likeness (QED) is 0.823. The number of sulfonamides is 1. The van der Waals surface area contributed by atoms with Gasteiger partial charge >= 0.3 is 0 Å². The van der Waals surface area contributed by atoms with E-state index in [0.29, 0.717) is 17.4 Å². The third-order valence-electron chi connectivity index (χ3n) is 2.90. The molecule has 0 aromatic heterocycles. The average molecular weight is 270 g/mol. The van der Waals surface area contributed by atoms with Gasteiger partial charge in [-0.1, -0.05) is 32.9 Å². The van der Waals surface area contributed by atoms with Crippen LogP contribution in [0.5, 0.6) is 0 Å². The van der Waals surface area contributed by atoms with Crippen molar-refractivity contribution < 1.29 is 8.42 Å². The highest BCUT2D eigenvalue weighted by Gasteiger charge is 2.13. The van der Waals surface area contributed by atoms with Gasteiger partial charge in [0, 0.05) is 12.6 Å². The van der Waals surface area contributed by atoms with Gasteiger partial charge in [-0.3, -0.25) is 0 Å². The van der Waals surface area contributed by atoms with E-state index in [1.165, 1.54) is 0 Å². The van der Waals surface area contributed by atoms with Gasteiger partial charge in [-0.2, -0.15) is 0 Å². The largest absolute Gasteiger partial charge is 0.327 e. The minimum Gasteiger partial charge on any atom is -0.327 e. The molecule has 0 fully saturated rings. The van der Waals surface area contributed by atoms with Crippen molar-refractivity contribution in [3.05, 3.63) is 29.8 Å². The molecule has 102 valence electrons. The van der Waals surface area contributed by atoms with Crippen molar-refractivity contribution in [1.29, 1.82) is 0 Å². The summed E-state index contributed by atoms with van der Waals surface area (Å²) in [5.74, 6) is 0.412. The predicted molar refractivity (Wildman–Crippen MR) is 73.8 cm³/mol. The molecule has 0 saturated carbocycles. The molecule has 5 heteroatoms. The van der Waals surface area contributed by atoms with Crippen molar-refractivity contribution in [3.8, 4) is 0 Å². The van der Waals surface area contributed by atoms with Crippen molar-refractivity contribution in [2.24, 2.45) is 11.7 Å². The molecule has 0 aliphatic carbocycles. The van der Waals surface area contributed by atoms with Gasteiger partial charge in [0.25, 0.3) is 0 Å². The van der Waals surface area contributed by atoms with Crippen LogP contribution in [0.3, 0.4) is 0 Å². The first kappa shape index (κ1) is 15.1. The molecular weight excluding hydrogens is 248 g/mol. The van der Waals surface area contributed by atoms with E-state index in [2.05, 4.69) is 18.6 Å². The second kappa shape index (κ2) is 6.31. The van der Waals surface area contributed by atoms with Gasteiger partial charge in [-0.05, 0) is 30.0 Å². The number of hydrogen-bond acceptors (Lipinski definition) is 3. The highest BCUT2D eigenvalue weighted by atomic mass is 32.2. The van der Waals surface area contributed by atoms with Crippen LogP contribution < -0.4 is 10.5 Å². The molecule has 0 aliphatic rings. The molecule has 0 saturated heterocycles. The van der Waals surface area contributed by atoms with E-state index in [1.54, 1.807) is 19.1 Å². The molecule has 0 spiro atoms. The molecule has 3 N–H and O–H groups in total. The van der Waals surface area contributed by atoms with E-state index >= 15 is 0 Å². The SMILES string of the molecule is CCNS(=O)(=O)c1ccc(CC(N)C(C)C)cc1. The first-order valence-corrected chi connectivity index (χ1v) is 7.69. The van der Waals surface area contributed by atoms with Gasteiger partial charge in [0.1, 0.15) is 0 Å².